The predicted octanol–water partition coefficient (Wildman–Crippen LogP) is 1.97. The maximum Gasteiger partial charge on any atom is 0.225 e. The molecule has 0 saturated heterocycles. The maximum absolute atomic E-state index is 12.1. The molecule has 1 aromatic rings. The number of rotatable bonds is 5. The minimum Gasteiger partial charge on any atom is -0.398 e. The summed E-state index contributed by atoms with van der Waals surface area (Å²) in [4.78, 5) is 14.0. The molecule has 0 aromatic heterocycles. The van der Waals surface area contributed by atoms with Gasteiger partial charge in [0.25, 0.3) is 0 Å². The van der Waals surface area contributed by atoms with E-state index in [9.17, 15) is 4.79 Å². The average molecular weight is 262 g/mol. The molecule has 1 heterocycles. The van der Waals surface area contributed by atoms with E-state index >= 15 is 0 Å². The first-order valence-electron chi connectivity index (χ1n) is 6.94. The molecule has 0 unspecified atom stereocenters. The normalized spacial score (nSPS) is 14.3. The molecule has 0 bridgehead atoms. The number of nitrogens with zero attached hydrogens (tertiary/aromatic N) is 1. The first-order valence-corrected chi connectivity index (χ1v) is 6.94. The van der Waals surface area contributed by atoms with Crippen molar-refractivity contribution in [1.29, 1.82) is 0 Å². The third kappa shape index (κ3) is 3.47. The summed E-state index contributed by atoms with van der Waals surface area (Å²) in [6, 6.07) is 5.93. The molecule has 0 radical (unpaired) electrons. The Morgan fingerprint density at radius 3 is 3.05 bits per heavy atom. The lowest BCUT2D eigenvalue weighted by molar-refractivity contribution is -0.133. The van der Waals surface area contributed by atoms with E-state index in [1.165, 1.54) is 11.1 Å². The fraction of sp³-hybridized carbons (Fsp3) is 0.533. The van der Waals surface area contributed by atoms with Gasteiger partial charge in [0.1, 0.15) is 0 Å². The SMILES string of the molecule is CCCOCCC(=O)N1CCc2c(N)cccc2C1. The van der Waals surface area contributed by atoms with E-state index < -0.39 is 0 Å². The van der Waals surface area contributed by atoms with Crippen molar-refractivity contribution in [3.8, 4) is 0 Å². The highest BCUT2D eigenvalue weighted by Crippen LogP contribution is 2.24. The summed E-state index contributed by atoms with van der Waals surface area (Å²) >= 11 is 0. The van der Waals surface area contributed by atoms with Gasteiger partial charge in [0.2, 0.25) is 5.91 Å². The Morgan fingerprint density at radius 2 is 2.26 bits per heavy atom. The summed E-state index contributed by atoms with van der Waals surface area (Å²) in [5.74, 6) is 0.171. The van der Waals surface area contributed by atoms with Gasteiger partial charge in [-0.1, -0.05) is 19.1 Å². The largest absolute Gasteiger partial charge is 0.398 e. The van der Waals surface area contributed by atoms with Crippen LogP contribution in [0.1, 0.15) is 30.9 Å². The van der Waals surface area contributed by atoms with Gasteiger partial charge in [0.05, 0.1) is 13.0 Å². The number of ether oxygens (including phenoxy) is 1. The van der Waals surface area contributed by atoms with Gasteiger partial charge in [0.15, 0.2) is 0 Å². The quantitative estimate of drug-likeness (QED) is 0.652. The zero-order chi connectivity index (χ0) is 13.7. The molecule has 0 aliphatic carbocycles. The number of carbonyl (C=O) groups excluding carboxylic acids is 1. The fourth-order valence-electron chi connectivity index (χ4n) is 2.42. The van der Waals surface area contributed by atoms with Crippen LogP contribution in [-0.2, 0) is 22.5 Å². The molecular formula is C15H22N2O2. The number of hydrogen-bond acceptors (Lipinski definition) is 3. The van der Waals surface area contributed by atoms with E-state index in [1.807, 2.05) is 17.0 Å². The maximum atomic E-state index is 12.1. The molecule has 2 rings (SSSR count). The molecule has 0 saturated carbocycles. The van der Waals surface area contributed by atoms with E-state index in [-0.39, 0.29) is 5.91 Å². The van der Waals surface area contributed by atoms with Crippen molar-refractivity contribution in [3.05, 3.63) is 29.3 Å². The lowest BCUT2D eigenvalue weighted by Gasteiger charge is -2.29. The summed E-state index contributed by atoms with van der Waals surface area (Å²) < 4.78 is 5.37. The van der Waals surface area contributed by atoms with Crippen molar-refractivity contribution in [2.24, 2.45) is 0 Å². The van der Waals surface area contributed by atoms with Gasteiger partial charge < -0.3 is 15.4 Å². The number of nitrogens with two attached hydrogens (primary N) is 1. The Kier molecular flexibility index (Phi) is 4.80. The average Bonchev–Trinajstić information content (AvgIpc) is 2.43. The summed E-state index contributed by atoms with van der Waals surface area (Å²) in [5, 5.41) is 0. The number of benzene rings is 1. The van der Waals surface area contributed by atoms with Crippen molar-refractivity contribution in [1.82, 2.24) is 4.90 Å². The molecule has 4 nitrogen and oxygen atoms in total. The molecule has 19 heavy (non-hydrogen) atoms. The zero-order valence-electron chi connectivity index (χ0n) is 11.5. The number of amides is 1. The molecule has 104 valence electrons. The Bertz CT molecular complexity index is 446. The van der Waals surface area contributed by atoms with Gasteiger partial charge in [-0.15, -0.1) is 0 Å². The molecule has 4 heteroatoms. The first kappa shape index (κ1) is 13.9. The molecular weight excluding hydrogens is 240 g/mol. The van der Waals surface area contributed by atoms with Crippen molar-refractivity contribution in [2.45, 2.75) is 32.7 Å². The Hall–Kier alpha value is -1.55. The molecule has 1 aliphatic heterocycles. The minimum atomic E-state index is 0.171. The second kappa shape index (κ2) is 6.57. The second-order valence-electron chi connectivity index (χ2n) is 4.91. The predicted molar refractivity (Wildman–Crippen MR) is 75.7 cm³/mol. The zero-order valence-corrected chi connectivity index (χ0v) is 11.5. The monoisotopic (exact) mass is 262 g/mol. The molecule has 2 N–H and O–H groups in total. The Labute approximate surface area is 114 Å². The highest BCUT2D eigenvalue weighted by molar-refractivity contribution is 5.76. The van der Waals surface area contributed by atoms with Crippen LogP contribution in [0.15, 0.2) is 18.2 Å². The van der Waals surface area contributed by atoms with E-state index in [2.05, 4.69) is 13.0 Å². The summed E-state index contributed by atoms with van der Waals surface area (Å²) in [7, 11) is 0. The number of fused-ring (bicyclic) bond motifs is 1. The first-order chi connectivity index (χ1) is 9.22. The molecule has 1 amide bonds. The van der Waals surface area contributed by atoms with Gasteiger partial charge in [-0.25, -0.2) is 0 Å². The second-order valence-corrected chi connectivity index (χ2v) is 4.91. The van der Waals surface area contributed by atoms with Crippen LogP contribution >= 0.6 is 0 Å². The van der Waals surface area contributed by atoms with E-state index in [1.54, 1.807) is 0 Å². The summed E-state index contributed by atoms with van der Waals surface area (Å²) in [6.45, 7) is 4.74. The van der Waals surface area contributed by atoms with Crippen LogP contribution < -0.4 is 5.73 Å². The summed E-state index contributed by atoms with van der Waals surface area (Å²) in [5.41, 5.74) is 9.17. The Morgan fingerprint density at radius 1 is 1.42 bits per heavy atom. The molecule has 0 atom stereocenters. The molecule has 0 spiro atoms. The molecule has 1 aromatic carbocycles. The summed E-state index contributed by atoms with van der Waals surface area (Å²) in [6.07, 6.45) is 2.31. The van der Waals surface area contributed by atoms with Crippen LogP contribution in [0.5, 0.6) is 0 Å². The van der Waals surface area contributed by atoms with Crippen LogP contribution in [0.3, 0.4) is 0 Å². The van der Waals surface area contributed by atoms with Crippen molar-refractivity contribution >= 4 is 11.6 Å². The lowest BCUT2D eigenvalue weighted by atomic mass is 9.98. The number of anilines is 1. The number of carbonyl (C=O) groups is 1. The van der Waals surface area contributed by atoms with Crippen molar-refractivity contribution in [3.63, 3.8) is 0 Å². The van der Waals surface area contributed by atoms with Gasteiger partial charge in [-0.05, 0) is 30.0 Å². The van der Waals surface area contributed by atoms with Crippen LogP contribution in [0.25, 0.3) is 0 Å². The van der Waals surface area contributed by atoms with Gasteiger partial charge in [0, 0.05) is 25.4 Å². The third-order valence-corrected chi connectivity index (χ3v) is 3.46. The number of nitrogen functional groups attached to an aromatic ring is 1. The smallest absolute Gasteiger partial charge is 0.225 e. The van der Waals surface area contributed by atoms with E-state index in [4.69, 9.17) is 10.5 Å². The van der Waals surface area contributed by atoms with Crippen LogP contribution in [0.4, 0.5) is 5.69 Å². The molecule has 0 fully saturated rings. The Balaban J connectivity index is 1.89. The topological polar surface area (TPSA) is 55.6 Å². The highest BCUT2D eigenvalue weighted by Gasteiger charge is 2.21. The van der Waals surface area contributed by atoms with Crippen LogP contribution in [0.2, 0.25) is 0 Å². The van der Waals surface area contributed by atoms with Gasteiger partial charge in [-0.3, -0.25) is 4.79 Å². The van der Waals surface area contributed by atoms with Gasteiger partial charge >= 0.3 is 0 Å². The van der Waals surface area contributed by atoms with Crippen molar-refractivity contribution in [2.75, 3.05) is 25.5 Å². The van der Waals surface area contributed by atoms with Gasteiger partial charge in [-0.2, -0.15) is 0 Å². The van der Waals surface area contributed by atoms with E-state index in [0.717, 1.165) is 31.7 Å². The van der Waals surface area contributed by atoms with Crippen molar-refractivity contribution < 1.29 is 9.53 Å². The molecule has 1 aliphatic rings. The number of hydrogen-bond donors (Lipinski definition) is 1. The van der Waals surface area contributed by atoms with E-state index in [0.29, 0.717) is 19.6 Å². The van der Waals surface area contributed by atoms with Crippen LogP contribution in [0, 0.1) is 0 Å². The third-order valence-electron chi connectivity index (χ3n) is 3.46. The standard InChI is InChI=1S/C15H22N2O2/c1-2-9-19-10-7-15(18)17-8-6-13-12(11-17)4-3-5-14(13)16/h3-5H,2,6-11,16H2,1H3. The highest BCUT2D eigenvalue weighted by atomic mass is 16.5. The fourth-order valence-corrected chi connectivity index (χ4v) is 2.42. The lowest BCUT2D eigenvalue weighted by Crippen LogP contribution is -2.36. The minimum absolute atomic E-state index is 0.171. The van der Waals surface area contributed by atoms with Crippen LogP contribution in [-0.4, -0.2) is 30.6 Å².